The Labute approximate surface area is 98.4 Å². The predicted octanol–water partition coefficient (Wildman–Crippen LogP) is 3.13. The minimum Gasteiger partial charge on any atom is -0.336 e. The first-order valence-corrected chi connectivity index (χ1v) is 6.03. The largest absolute Gasteiger partial charge is 0.336 e. The zero-order chi connectivity index (χ0) is 10.8. The minimum absolute atomic E-state index is 0.202. The molecule has 0 bridgehead atoms. The Balaban J connectivity index is 2.16. The molecule has 2 nitrogen and oxygen atoms in total. The van der Waals surface area contributed by atoms with Gasteiger partial charge in [-0.25, -0.2) is 0 Å². The van der Waals surface area contributed by atoms with Crippen molar-refractivity contribution in [3.8, 4) is 0 Å². The molecule has 1 amide bonds. The van der Waals surface area contributed by atoms with Crippen LogP contribution < -0.4 is 0 Å². The van der Waals surface area contributed by atoms with E-state index in [0.29, 0.717) is 6.42 Å². The second-order valence-electron chi connectivity index (χ2n) is 3.92. The summed E-state index contributed by atoms with van der Waals surface area (Å²) in [6, 6.07) is 8.38. The zero-order valence-corrected chi connectivity index (χ0v) is 10.3. The number of likely N-dealkylation sites (tertiary alicyclic amines) is 1. The fourth-order valence-electron chi connectivity index (χ4n) is 2.00. The van der Waals surface area contributed by atoms with Gasteiger partial charge in [-0.15, -0.1) is 0 Å². The molecule has 0 unspecified atom stereocenters. The summed E-state index contributed by atoms with van der Waals surface area (Å²) in [5, 5.41) is 0. The van der Waals surface area contributed by atoms with Gasteiger partial charge in [-0.1, -0.05) is 28.1 Å². The molecule has 0 N–H and O–H groups in total. The third-order valence-electron chi connectivity index (χ3n) is 2.93. The Morgan fingerprint density at radius 2 is 2.00 bits per heavy atom. The lowest BCUT2D eigenvalue weighted by Gasteiger charge is -2.24. The molecule has 0 radical (unpaired) electrons. The third kappa shape index (κ3) is 2.23. The normalized spacial score (nSPS) is 18.3. The number of hydrogen-bond acceptors (Lipinski definition) is 1. The van der Waals surface area contributed by atoms with Crippen molar-refractivity contribution in [3.63, 3.8) is 0 Å². The number of carbonyl (C=O) groups excluding carboxylic acids is 1. The number of nitrogens with zero attached hydrogens (tertiary/aromatic N) is 1. The molecule has 0 spiro atoms. The van der Waals surface area contributed by atoms with Gasteiger partial charge in [-0.3, -0.25) is 4.79 Å². The maximum atomic E-state index is 11.6. The quantitative estimate of drug-likeness (QED) is 0.807. The van der Waals surface area contributed by atoms with Gasteiger partial charge in [0.05, 0.1) is 6.04 Å². The van der Waals surface area contributed by atoms with Crippen molar-refractivity contribution in [2.75, 3.05) is 6.54 Å². The Morgan fingerprint density at radius 1 is 1.33 bits per heavy atom. The Morgan fingerprint density at radius 3 is 2.53 bits per heavy atom. The van der Waals surface area contributed by atoms with Crippen molar-refractivity contribution < 1.29 is 4.79 Å². The summed E-state index contributed by atoms with van der Waals surface area (Å²) in [7, 11) is 0. The summed E-state index contributed by atoms with van der Waals surface area (Å²) in [6.07, 6.45) is 1.71. The first-order valence-electron chi connectivity index (χ1n) is 5.23. The van der Waals surface area contributed by atoms with Gasteiger partial charge in [0.25, 0.3) is 0 Å². The van der Waals surface area contributed by atoms with Crippen LogP contribution in [0.2, 0.25) is 0 Å². The summed E-state index contributed by atoms with van der Waals surface area (Å²) < 4.78 is 1.08. The summed E-state index contributed by atoms with van der Waals surface area (Å²) in [5.74, 6) is 0.283. The van der Waals surface area contributed by atoms with Crippen molar-refractivity contribution in [1.29, 1.82) is 0 Å². The molecule has 1 saturated heterocycles. The van der Waals surface area contributed by atoms with Crippen LogP contribution in [-0.2, 0) is 4.79 Å². The number of carbonyl (C=O) groups is 1. The number of benzene rings is 1. The van der Waals surface area contributed by atoms with Gasteiger partial charge in [-0.2, -0.15) is 0 Å². The number of halogens is 1. The van der Waals surface area contributed by atoms with Gasteiger partial charge < -0.3 is 4.90 Å². The van der Waals surface area contributed by atoms with Gasteiger partial charge in [0.15, 0.2) is 0 Å². The van der Waals surface area contributed by atoms with E-state index < -0.39 is 0 Å². The highest BCUT2D eigenvalue weighted by molar-refractivity contribution is 9.10. The minimum atomic E-state index is 0.202. The van der Waals surface area contributed by atoms with E-state index in [1.165, 1.54) is 5.56 Å². The first kappa shape index (κ1) is 10.7. The van der Waals surface area contributed by atoms with Gasteiger partial charge in [0, 0.05) is 17.4 Å². The fraction of sp³-hybridized carbons (Fsp3) is 0.417. The van der Waals surface area contributed by atoms with E-state index in [1.807, 2.05) is 17.0 Å². The molecule has 15 heavy (non-hydrogen) atoms. The molecule has 1 atom stereocenters. The Kier molecular flexibility index (Phi) is 3.10. The van der Waals surface area contributed by atoms with E-state index in [1.54, 1.807) is 0 Å². The van der Waals surface area contributed by atoms with Gasteiger partial charge >= 0.3 is 0 Å². The molecule has 80 valence electrons. The molecule has 1 aromatic carbocycles. The summed E-state index contributed by atoms with van der Waals surface area (Å²) >= 11 is 3.41. The summed E-state index contributed by atoms with van der Waals surface area (Å²) in [5.41, 5.74) is 1.20. The molecule has 0 aromatic heterocycles. The number of hydrogen-bond donors (Lipinski definition) is 0. The molecule has 1 aromatic rings. The Bertz CT molecular complexity index is 360. The van der Waals surface area contributed by atoms with Crippen LogP contribution in [0.1, 0.15) is 31.4 Å². The SMILES string of the molecule is C[C@@H](c1ccc(Br)cc1)N1CCCC1=O. The lowest BCUT2D eigenvalue weighted by atomic mass is 10.1. The van der Waals surface area contributed by atoms with E-state index in [9.17, 15) is 4.79 Å². The van der Waals surface area contributed by atoms with Crippen LogP contribution >= 0.6 is 15.9 Å². The van der Waals surface area contributed by atoms with Crippen molar-refractivity contribution in [3.05, 3.63) is 34.3 Å². The Hall–Kier alpha value is -0.830. The lowest BCUT2D eigenvalue weighted by Crippen LogP contribution is -2.27. The van der Waals surface area contributed by atoms with E-state index in [4.69, 9.17) is 0 Å². The molecule has 3 heteroatoms. The van der Waals surface area contributed by atoms with Crippen molar-refractivity contribution >= 4 is 21.8 Å². The smallest absolute Gasteiger partial charge is 0.223 e. The summed E-state index contributed by atoms with van der Waals surface area (Å²) in [4.78, 5) is 13.5. The standard InChI is InChI=1S/C12H14BrNO/c1-9(14-8-2-3-12(14)15)10-4-6-11(13)7-5-10/h4-7,9H,2-3,8H2,1H3/t9-/m0/s1. The van der Waals surface area contributed by atoms with Crippen molar-refractivity contribution in [1.82, 2.24) is 4.90 Å². The highest BCUT2D eigenvalue weighted by Gasteiger charge is 2.25. The van der Waals surface area contributed by atoms with E-state index in [-0.39, 0.29) is 11.9 Å². The van der Waals surface area contributed by atoms with Gasteiger partial charge in [0.2, 0.25) is 5.91 Å². The van der Waals surface area contributed by atoms with E-state index in [0.717, 1.165) is 17.4 Å². The molecule has 1 aliphatic rings. The monoisotopic (exact) mass is 267 g/mol. The topological polar surface area (TPSA) is 20.3 Å². The molecule has 1 aliphatic heterocycles. The lowest BCUT2D eigenvalue weighted by molar-refractivity contribution is -0.129. The number of rotatable bonds is 2. The average molecular weight is 268 g/mol. The van der Waals surface area contributed by atoms with Crippen LogP contribution in [0.15, 0.2) is 28.7 Å². The molecular formula is C12H14BrNO. The second kappa shape index (κ2) is 4.35. The zero-order valence-electron chi connectivity index (χ0n) is 8.74. The van der Waals surface area contributed by atoms with Gasteiger partial charge in [0.1, 0.15) is 0 Å². The van der Waals surface area contributed by atoms with Crippen molar-refractivity contribution in [2.45, 2.75) is 25.8 Å². The molecule has 0 saturated carbocycles. The first-order chi connectivity index (χ1) is 7.18. The highest BCUT2D eigenvalue weighted by atomic mass is 79.9. The molecule has 0 aliphatic carbocycles. The van der Waals surface area contributed by atoms with Crippen LogP contribution in [0.4, 0.5) is 0 Å². The van der Waals surface area contributed by atoms with E-state index in [2.05, 4.69) is 35.0 Å². The molecular weight excluding hydrogens is 254 g/mol. The number of amides is 1. The maximum absolute atomic E-state index is 11.6. The second-order valence-corrected chi connectivity index (χ2v) is 4.83. The van der Waals surface area contributed by atoms with Crippen LogP contribution in [-0.4, -0.2) is 17.4 Å². The molecule has 1 fully saturated rings. The summed E-state index contributed by atoms with van der Waals surface area (Å²) in [6.45, 7) is 2.99. The third-order valence-corrected chi connectivity index (χ3v) is 3.46. The van der Waals surface area contributed by atoms with Crippen molar-refractivity contribution in [2.24, 2.45) is 0 Å². The van der Waals surface area contributed by atoms with E-state index >= 15 is 0 Å². The highest BCUT2D eigenvalue weighted by Crippen LogP contribution is 2.26. The fourth-order valence-corrected chi connectivity index (χ4v) is 2.26. The molecule has 2 rings (SSSR count). The van der Waals surface area contributed by atoms with Crippen LogP contribution in [0.5, 0.6) is 0 Å². The van der Waals surface area contributed by atoms with Crippen LogP contribution in [0, 0.1) is 0 Å². The average Bonchev–Trinajstić information content (AvgIpc) is 2.65. The van der Waals surface area contributed by atoms with Crippen LogP contribution in [0.25, 0.3) is 0 Å². The molecule has 1 heterocycles. The maximum Gasteiger partial charge on any atom is 0.223 e. The van der Waals surface area contributed by atoms with Gasteiger partial charge in [-0.05, 0) is 31.0 Å². The predicted molar refractivity (Wildman–Crippen MR) is 63.5 cm³/mol. The van der Waals surface area contributed by atoms with Crippen LogP contribution in [0.3, 0.4) is 0 Å².